The summed E-state index contributed by atoms with van der Waals surface area (Å²) in [7, 11) is 1.88. The van der Waals surface area contributed by atoms with Crippen molar-refractivity contribution in [2.45, 2.75) is 6.10 Å². The van der Waals surface area contributed by atoms with Crippen LogP contribution in [0.15, 0.2) is 23.2 Å². The molecule has 122 valence electrons. The van der Waals surface area contributed by atoms with Crippen LogP contribution in [0.4, 0.5) is 20.6 Å². The summed E-state index contributed by atoms with van der Waals surface area (Å²) in [5.41, 5.74) is 0.876. The zero-order chi connectivity index (χ0) is 16.6. The lowest BCUT2D eigenvalue weighted by molar-refractivity contribution is 0.145. The Labute approximate surface area is 139 Å². The first-order valence-electron chi connectivity index (χ1n) is 7.24. The van der Waals surface area contributed by atoms with Crippen molar-refractivity contribution in [2.24, 2.45) is 4.99 Å². The number of carbonyl (C=O) groups is 1. The maximum atomic E-state index is 14.5. The van der Waals surface area contributed by atoms with Crippen LogP contribution in [0.1, 0.15) is 0 Å². The lowest BCUT2D eigenvalue weighted by atomic mass is 10.2. The Morgan fingerprint density at radius 2 is 2.22 bits per heavy atom. The number of hydrogen-bond acceptors (Lipinski definition) is 4. The van der Waals surface area contributed by atoms with Crippen molar-refractivity contribution in [1.29, 1.82) is 0 Å². The average molecular weight is 336 g/mol. The molecule has 2 aliphatic rings. The number of thiocarbonyl (C=S) groups is 1. The highest BCUT2D eigenvalue weighted by molar-refractivity contribution is 7.80. The summed E-state index contributed by atoms with van der Waals surface area (Å²) in [5, 5.41) is 0.592. The monoisotopic (exact) mass is 336 g/mol. The Morgan fingerprint density at radius 1 is 1.43 bits per heavy atom. The van der Waals surface area contributed by atoms with Gasteiger partial charge in [-0.05, 0) is 37.1 Å². The minimum atomic E-state index is -0.498. The average Bonchev–Trinajstić information content (AvgIpc) is 3.04. The van der Waals surface area contributed by atoms with Crippen LogP contribution in [0.2, 0.25) is 0 Å². The second kappa shape index (κ2) is 6.11. The number of likely N-dealkylation sites (N-methyl/N-ethyl adjacent to an activating group) is 1. The van der Waals surface area contributed by atoms with Crippen LogP contribution in [0, 0.1) is 5.82 Å². The van der Waals surface area contributed by atoms with E-state index in [-0.39, 0.29) is 6.10 Å². The molecule has 2 heterocycles. The van der Waals surface area contributed by atoms with Crippen molar-refractivity contribution in [3.63, 3.8) is 0 Å². The third kappa shape index (κ3) is 2.86. The van der Waals surface area contributed by atoms with Crippen LogP contribution in [-0.2, 0) is 4.74 Å². The first kappa shape index (κ1) is 15.7. The third-order valence-electron chi connectivity index (χ3n) is 3.96. The topological polar surface area (TPSA) is 48.4 Å². The Kier molecular flexibility index (Phi) is 4.16. The van der Waals surface area contributed by atoms with E-state index in [2.05, 4.69) is 11.7 Å². The third-order valence-corrected chi connectivity index (χ3v) is 4.49. The lowest BCUT2D eigenvalue weighted by Crippen LogP contribution is -2.30. The molecule has 6 nitrogen and oxygen atoms in total. The van der Waals surface area contributed by atoms with Gasteiger partial charge in [0.2, 0.25) is 0 Å². The predicted octanol–water partition coefficient (Wildman–Crippen LogP) is 1.89. The van der Waals surface area contributed by atoms with Crippen LogP contribution < -0.4 is 9.80 Å². The fraction of sp³-hybridized carbons (Fsp3) is 0.400. The number of ether oxygens (including phenoxy) is 1. The molecule has 0 N–H and O–H groups in total. The van der Waals surface area contributed by atoms with Gasteiger partial charge >= 0.3 is 6.09 Å². The molecule has 1 amide bonds. The molecule has 1 atom stereocenters. The van der Waals surface area contributed by atoms with E-state index in [0.29, 0.717) is 36.1 Å². The van der Waals surface area contributed by atoms with Crippen LogP contribution in [0.3, 0.4) is 0 Å². The number of amides is 1. The number of hydrogen-bond donors (Lipinski definition) is 0. The van der Waals surface area contributed by atoms with Gasteiger partial charge in [0, 0.05) is 20.1 Å². The minimum Gasteiger partial charge on any atom is -0.442 e. The van der Waals surface area contributed by atoms with Crippen LogP contribution in [-0.4, -0.2) is 62.2 Å². The first-order valence-corrected chi connectivity index (χ1v) is 7.65. The van der Waals surface area contributed by atoms with Crippen molar-refractivity contribution < 1.29 is 13.9 Å². The molecule has 2 aliphatic heterocycles. The van der Waals surface area contributed by atoms with Gasteiger partial charge < -0.3 is 14.5 Å². The van der Waals surface area contributed by atoms with Crippen molar-refractivity contribution in [2.75, 3.05) is 43.0 Å². The van der Waals surface area contributed by atoms with Gasteiger partial charge in [-0.25, -0.2) is 9.18 Å². The molecule has 0 unspecified atom stereocenters. The molecule has 0 saturated carbocycles. The lowest BCUT2D eigenvalue weighted by Gasteiger charge is -2.21. The van der Waals surface area contributed by atoms with Crippen molar-refractivity contribution >= 4 is 41.5 Å². The van der Waals surface area contributed by atoms with Gasteiger partial charge in [-0.1, -0.05) is 0 Å². The summed E-state index contributed by atoms with van der Waals surface area (Å²) < 4.78 is 19.7. The molecule has 1 aromatic rings. The number of halogens is 1. The number of nitrogens with zero attached hydrogens (tertiary/aromatic N) is 4. The number of cyclic esters (lactones) is 1. The zero-order valence-electron chi connectivity index (χ0n) is 12.7. The zero-order valence-corrected chi connectivity index (χ0v) is 13.6. The minimum absolute atomic E-state index is 0.331. The fourth-order valence-electron chi connectivity index (χ4n) is 2.72. The molecule has 2 fully saturated rings. The van der Waals surface area contributed by atoms with Gasteiger partial charge in [0.1, 0.15) is 11.9 Å². The largest absolute Gasteiger partial charge is 0.442 e. The van der Waals surface area contributed by atoms with E-state index in [9.17, 15) is 9.18 Å². The summed E-state index contributed by atoms with van der Waals surface area (Å²) in [4.78, 5) is 20.7. The van der Waals surface area contributed by atoms with Gasteiger partial charge in [0.05, 0.1) is 24.5 Å². The van der Waals surface area contributed by atoms with E-state index >= 15 is 0 Å². The fourth-order valence-corrected chi connectivity index (χ4v) is 3.01. The summed E-state index contributed by atoms with van der Waals surface area (Å²) >= 11 is 5.29. The number of rotatable bonds is 4. The molecule has 8 heteroatoms. The van der Waals surface area contributed by atoms with Crippen LogP contribution in [0.25, 0.3) is 0 Å². The molecular formula is C15H17FN4O2S. The quantitative estimate of drug-likeness (QED) is 0.621. The van der Waals surface area contributed by atoms with Gasteiger partial charge in [0.25, 0.3) is 0 Å². The standard InChI is InChI=1S/C15H17FN4O2S/c1-17-8-11-9-20(15(21)22-11)10-3-4-13(12(16)7-10)19-6-5-18(2)14(19)23/h3-4,7,11H,1,5-6,8-9H2,2H3/t11-/m0/s1. The number of carbonyl (C=O) groups excluding carboxylic acids is 1. The van der Waals surface area contributed by atoms with Crippen LogP contribution in [0.5, 0.6) is 0 Å². The van der Waals surface area contributed by atoms with E-state index in [1.165, 1.54) is 11.0 Å². The van der Waals surface area contributed by atoms with Crippen molar-refractivity contribution in [3.05, 3.63) is 24.0 Å². The van der Waals surface area contributed by atoms with Gasteiger partial charge in [-0.15, -0.1) is 0 Å². The number of anilines is 2. The SMILES string of the molecule is C=NC[C@H]1CN(c2ccc(N3CCN(C)C3=S)c(F)c2)C(=O)O1. The highest BCUT2D eigenvalue weighted by Crippen LogP contribution is 2.29. The van der Waals surface area contributed by atoms with Crippen molar-refractivity contribution in [1.82, 2.24) is 4.90 Å². The molecule has 0 bridgehead atoms. The first-order chi connectivity index (χ1) is 11.0. The molecule has 1 aromatic carbocycles. The molecule has 0 aliphatic carbocycles. The van der Waals surface area contributed by atoms with Crippen LogP contribution >= 0.6 is 12.2 Å². The van der Waals surface area contributed by atoms with Crippen molar-refractivity contribution in [3.8, 4) is 0 Å². The molecule has 0 spiro atoms. The van der Waals surface area contributed by atoms with E-state index < -0.39 is 11.9 Å². The van der Waals surface area contributed by atoms with Gasteiger partial charge in [-0.3, -0.25) is 9.89 Å². The predicted molar refractivity (Wildman–Crippen MR) is 91.0 cm³/mol. The molecule has 3 rings (SSSR count). The van der Waals surface area contributed by atoms with E-state index in [1.807, 2.05) is 11.9 Å². The smallest absolute Gasteiger partial charge is 0.414 e. The van der Waals surface area contributed by atoms with Gasteiger partial charge in [-0.2, -0.15) is 0 Å². The Balaban J connectivity index is 1.81. The molecular weight excluding hydrogens is 319 g/mol. The maximum Gasteiger partial charge on any atom is 0.414 e. The highest BCUT2D eigenvalue weighted by atomic mass is 32.1. The Hall–Kier alpha value is -2.22. The Morgan fingerprint density at radius 3 is 2.83 bits per heavy atom. The summed E-state index contributed by atoms with van der Waals surface area (Å²) in [6.07, 6.45) is -0.843. The molecule has 0 aromatic heterocycles. The molecule has 0 radical (unpaired) electrons. The van der Waals surface area contributed by atoms with E-state index in [4.69, 9.17) is 17.0 Å². The summed E-state index contributed by atoms with van der Waals surface area (Å²) in [6, 6.07) is 4.67. The Bertz CT molecular complexity index is 669. The second-order valence-electron chi connectivity index (χ2n) is 5.51. The molecule has 23 heavy (non-hydrogen) atoms. The normalized spacial score (nSPS) is 21.1. The highest BCUT2D eigenvalue weighted by Gasteiger charge is 2.33. The van der Waals surface area contributed by atoms with Gasteiger partial charge in [0.15, 0.2) is 5.11 Å². The summed E-state index contributed by atoms with van der Waals surface area (Å²) in [6.45, 7) is 5.46. The summed E-state index contributed by atoms with van der Waals surface area (Å²) in [5.74, 6) is -0.418. The molecule has 2 saturated heterocycles. The van der Waals surface area contributed by atoms with E-state index in [0.717, 1.165) is 6.54 Å². The maximum absolute atomic E-state index is 14.5. The number of aliphatic imine (C=N–C) groups is 1. The second-order valence-corrected chi connectivity index (χ2v) is 5.88. The van der Waals surface area contributed by atoms with E-state index in [1.54, 1.807) is 17.0 Å². The number of benzene rings is 1.